The third kappa shape index (κ3) is 3.24. The van der Waals surface area contributed by atoms with Crippen molar-refractivity contribution in [2.24, 2.45) is 11.8 Å². The zero-order chi connectivity index (χ0) is 13.1. The summed E-state index contributed by atoms with van der Waals surface area (Å²) < 4.78 is 0. The second-order valence-electron chi connectivity index (χ2n) is 5.56. The van der Waals surface area contributed by atoms with Gasteiger partial charge in [-0.1, -0.05) is 13.8 Å². The number of nitrogens with one attached hydrogen (secondary N) is 1. The molecule has 0 heterocycles. The lowest BCUT2D eigenvalue weighted by molar-refractivity contribution is -0.134. The average Bonchev–Trinajstić information content (AvgIpc) is 3.20. The maximum Gasteiger partial charge on any atom is 0.226 e. The molecule has 4 nitrogen and oxygen atoms in total. The third-order valence-electron chi connectivity index (χ3n) is 3.67. The fourth-order valence-electron chi connectivity index (χ4n) is 2.40. The van der Waals surface area contributed by atoms with Gasteiger partial charge in [0.15, 0.2) is 0 Å². The van der Waals surface area contributed by atoms with Gasteiger partial charge in [0.1, 0.15) is 0 Å². The molecule has 2 rings (SSSR count). The molecular weight excluding hydrogens is 228 g/mol. The molecule has 0 bridgehead atoms. The Labute approximate surface area is 109 Å². The van der Waals surface area contributed by atoms with E-state index in [4.69, 9.17) is 0 Å². The van der Waals surface area contributed by atoms with Gasteiger partial charge in [0.2, 0.25) is 11.8 Å². The van der Waals surface area contributed by atoms with Gasteiger partial charge in [0.05, 0.1) is 11.8 Å². The molecule has 0 radical (unpaired) electrons. The van der Waals surface area contributed by atoms with Crippen LogP contribution in [0.25, 0.3) is 0 Å². The van der Waals surface area contributed by atoms with Crippen LogP contribution in [0.15, 0.2) is 0 Å². The molecule has 0 aromatic heterocycles. The summed E-state index contributed by atoms with van der Waals surface area (Å²) in [5.74, 6) is 0.203. The van der Waals surface area contributed by atoms with Crippen LogP contribution in [0.5, 0.6) is 0 Å². The second kappa shape index (κ2) is 5.72. The van der Waals surface area contributed by atoms with E-state index in [1.54, 1.807) is 0 Å². The van der Waals surface area contributed by atoms with Crippen LogP contribution in [0.2, 0.25) is 0 Å². The van der Waals surface area contributed by atoms with Crippen molar-refractivity contribution in [3.63, 3.8) is 0 Å². The number of hydrogen-bond acceptors (Lipinski definition) is 2. The van der Waals surface area contributed by atoms with Crippen molar-refractivity contribution in [2.45, 2.75) is 52.0 Å². The SMILES string of the molecule is CCCN(CCC)C(=O)C1CC1C(=O)NC1CC1. The number of hydrogen-bond donors (Lipinski definition) is 1. The van der Waals surface area contributed by atoms with Gasteiger partial charge in [-0.2, -0.15) is 0 Å². The first kappa shape index (κ1) is 13.4. The Morgan fingerprint density at radius 1 is 1.11 bits per heavy atom. The Bertz CT molecular complexity index is 320. The summed E-state index contributed by atoms with van der Waals surface area (Å²) in [4.78, 5) is 26.0. The van der Waals surface area contributed by atoms with Gasteiger partial charge in [-0.3, -0.25) is 9.59 Å². The van der Waals surface area contributed by atoms with Crippen LogP contribution in [0.3, 0.4) is 0 Å². The first-order chi connectivity index (χ1) is 8.67. The zero-order valence-electron chi connectivity index (χ0n) is 11.4. The maximum atomic E-state index is 12.2. The zero-order valence-corrected chi connectivity index (χ0v) is 11.4. The Hall–Kier alpha value is -1.06. The molecular formula is C14H24N2O2. The lowest BCUT2D eigenvalue weighted by Crippen LogP contribution is -2.35. The molecule has 0 aliphatic heterocycles. The Balaban J connectivity index is 1.80. The minimum Gasteiger partial charge on any atom is -0.353 e. The molecule has 0 aromatic rings. The topological polar surface area (TPSA) is 49.4 Å². The standard InChI is InChI=1S/C14H24N2O2/c1-3-7-16(8-4-2)14(18)12-9-11(12)13(17)15-10-5-6-10/h10-12H,3-9H2,1-2H3,(H,15,17). The van der Waals surface area contributed by atoms with E-state index in [2.05, 4.69) is 19.2 Å². The molecule has 2 fully saturated rings. The first-order valence-corrected chi connectivity index (χ1v) is 7.26. The molecule has 18 heavy (non-hydrogen) atoms. The average molecular weight is 252 g/mol. The Morgan fingerprint density at radius 2 is 1.72 bits per heavy atom. The summed E-state index contributed by atoms with van der Waals surface area (Å²) in [7, 11) is 0. The maximum absolute atomic E-state index is 12.2. The number of carbonyl (C=O) groups excluding carboxylic acids is 2. The van der Waals surface area contributed by atoms with Gasteiger partial charge < -0.3 is 10.2 Å². The van der Waals surface area contributed by atoms with E-state index in [0.29, 0.717) is 6.04 Å². The van der Waals surface area contributed by atoms with E-state index in [1.807, 2.05) is 4.90 Å². The van der Waals surface area contributed by atoms with Gasteiger partial charge in [0.25, 0.3) is 0 Å². The molecule has 102 valence electrons. The van der Waals surface area contributed by atoms with E-state index < -0.39 is 0 Å². The molecule has 2 unspecified atom stereocenters. The minimum atomic E-state index is -0.0469. The Morgan fingerprint density at radius 3 is 2.22 bits per heavy atom. The predicted molar refractivity (Wildman–Crippen MR) is 69.9 cm³/mol. The summed E-state index contributed by atoms with van der Waals surface area (Å²) in [5, 5.41) is 2.99. The van der Waals surface area contributed by atoms with Crippen molar-refractivity contribution in [3.8, 4) is 0 Å². The molecule has 2 amide bonds. The van der Waals surface area contributed by atoms with Crippen molar-refractivity contribution in [1.82, 2.24) is 10.2 Å². The second-order valence-corrected chi connectivity index (χ2v) is 5.56. The molecule has 0 saturated heterocycles. The van der Waals surface area contributed by atoms with Crippen molar-refractivity contribution in [1.29, 1.82) is 0 Å². The van der Waals surface area contributed by atoms with E-state index in [0.717, 1.165) is 45.2 Å². The number of rotatable bonds is 7. The number of amides is 2. The van der Waals surface area contributed by atoms with Crippen LogP contribution in [0.4, 0.5) is 0 Å². The highest BCUT2D eigenvalue weighted by atomic mass is 16.2. The van der Waals surface area contributed by atoms with Crippen LogP contribution in [-0.4, -0.2) is 35.8 Å². The lowest BCUT2D eigenvalue weighted by atomic mass is 10.2. The Kier molecular flexibility index (Phi) is 4.25. The summed E-state index contributed by atoms with van der Waals surface area (Å²) in [5.41, 5.74) is 0. The normalized spacial score (nSPS) is 25.7. The van der Waals surface area contributed by atoms with Crippen LogP contribution < -0.4 is 5.32 Å². The molecule has 2 saturated carbocycles. The van der Waals surface area contributed by atoms with Crippen molar-refractivity contribution in [3.05, 3.63) is 0 Å². The van der Waals surface area contributed by atoms with E-state index in [1.165, 1.54) is 0 Å². The molecule has 0 spiro atoms. The molecule has 0 aromatic carbocycles. The molecule has 2 aliphatic carbocycles. The minimum absolute atomic E-state index is 0.0400. The highest BCUT2D eigenvalue weighted by molar-refractivity contribution is 5.92. The van der Waals surface area contributed by atoms with Gasteiger partial charge >= 0.3 is 0 Å². The summed E-state index contributed by atoms with van der Waals surface area (Å²) >= 11 is 0. The largest absolute Gasteiger partial charge is 0.353 e. The highest BCUT2D eigenvalue weighted by Gasteiger charge is 2.50. The lowest BCUT2D eigenvalue weighted by Gasteiger charge is -2.21. The summed E-state index contributed by atoms with van der Waals surface area (Å²) in [6.07, 6.45) is 4.93. The fourth-order valence-corrected chi connectivity index (χ4v) is 2.40. The van der Waals surface area contributed by atoms with Crippen molar-refractivity contribution in [2.75, 3.05) is 13.1 Å². The monoisotopic (exact) mass is 252 g/mol. The van der Waals surface area contributed by atoms with Crippen LogP contribution in [0.1, 0.15) is 46.0 Å². The van der Waals surface area contributed by atoms with E-state index in [9.17, 15) is 9.59 Å². The number of nitrogens with zero attached hydrogens (tertiary/aromatic N) is 1. The van der Waals surface area contributed by atoms with Gasteiger partial charge in [0, 0.05) is 19.1 Å². The van der Waals surface area contributed by atoms with Gasteiger partial charge in [-0.25, -0.2) is 0 Å². The van der Waals surface area contributed by atoms with Gasteiger partial charge in [-0.15, -0.1) is 0 Å². The predicted octanol–water partition coefficient (Wildman–Crippen LogP) is 1.55. The molecule has 2 atom stereocenters. The van der Waals surface area contributed by atoms with Crippen molar-refractivity contribution >= 4 is 11.8 Å². The molecule has 1 N–H and O–H groups in total. The van der Waals surface area contributed by atoms with E-state index >= 15 is 0 Å². The molecule has 4 heteroatoms. The summed E-state index contributed by atoms with van der Waals surface area (Å²) in [6.45, 7) is 5.81. The quantitative estimate of drug-likeness (QED) is 0.747. The summed E-state index contributed by atoms with van der Waals surface area (Å²) in [6, 6.07) is 0.399. The van der Waals surface area contributed by atoms with Crippen molar-refractivity contribution < 1.29 is 9.59 Å². The molecule has 2 aliphatic rings. The van der Waals surface area contributed by atoms with Gasteiger partial charge in [-0.05, 0) is 32.1 Å². The van der Waals surface area contributed by atoms with Crippen LogP contribution >= 0.6 is 0 Å². The van der Waals surface area contributed by atoms with E-state index in [-0.39, 0.29) is 23.7 Å². The number of carbonyl (C=O) groups is 2. The van der Waals surface area contributed by atoms with Crippen LogP contribution in [-0.2, 0) is 9.59 Å². The fraction of sp³-hybridized carbons (Fsp3) is 0.857. The highest BCUT2D eigenvalue weighted by Crippen LogP contribution is 2.40. The first-order valence-electron chi connectivity index (χ1n) is 7.26. The third-order valence-corrected chi connectivity index (χ3v) is 3.67. The smallest absolute Gasteiger partial charge is 0.226 e. The van der Waals surface area contributed by atoms with Crippen LogP contribution in [0, 0.1) is 11.8 Å².